The zero-order valence-electron chi connectivity index (χ0n) is 12.5. The molecule has 3 rings (SSSR count). The van der Waals surface area contributed by atoms with Crippen LogP contribution < -0.4 is 5.32 Å². The fourth-order valence-electron chi connectivity index (χ4n) is 2.58. The molecular formula is C18H18N2O3. The van der Waals surface area contributed by atoms with Crippen LogP contribution in [-0.4, -0.2) is 27.6 Å². The number of rotatable bonds is 5. The largest absolute Gasteiger partial charge is 0.504 e. The van der Waals surface area contributed by atoms with Crippen molar-refractivity contribution in [2.75, 3.05) is 6.54 Å². The van der Waals surface area contributed by atoms with Gasteiger partial charge in [0.2, 0.25) is 5.91 Å². The number of carbonyl (C=O) groups excluding carboxylic acids is 1. The molecular weight excluding hydrogens is 292 g/mol. The first-order valence-corrected chi connectivity index (χ1v) is 7.46. The Balaban J connectivity index is 1.54. The number of amides is 1. The molecule has 4 N–H and O–H groups in total. The molecule has 1 aromatic heterocycles. The normalized spacial score (nSPS) is 10.8. The molecule has 0 aliphatic rings. The van der Waals surface area contributed by atoms with Crippen LogP contribution in [0.2, 0.25) is 0 Å². The van der Waals surface area contributed by atoms with E-state index in [0.717, 1.165) is 22.0 Å². The lowest BCUT2D eigenvalue weighted by molar-refractivity contribution is -0.120. The number of phenols is 2. The first-order chi connectivity index (χ1) is 11.1. The molecule has 5 nitrogen and oxygen atoms in total. The summed E-state index contributed by atoms with van der Waals surface area (Å²) < 4.78 is 0. The van der Waals surface area contributed by atoms with E-state index >= 15 is 0 Å². The number of hydrogen-bond donors (Lipinski definition) is 4. The van der Waals surface area contributed by atoms with Crippen molar-refractivity contribution in [2.45, 2.75) is 12.8 Å². The summed E-state index contributed by atoms with van der Waals surface area (Å²) >= 11 is 0. The van der Waals surface area contributed by atoms with Crippen LogP contribution in [0.3, 0.4) is 0 Å². The minimum atomic E-state index is -0.146. The molecule has 1 heterocycles. The Morgan fingerprint density at radius 1 is 1.09 bits per heavy atom. The third-order valence-corrected chi connectivity index (χ3v) is 3.80. The molecule has 0 atom stereocenters. The van der Waals surface area contributed by atoms with Crippen LogP contribution in [-0.2, 0) is 17.6 Å². The average Bonchev–Trinajstić information content (AvgIpc) is 2.94. The molecule has 0 saturated carbocycles. The first-order valence-electron chi connectivity index (χ1n) is 7.46. The van der Waals surface area contributed by atoms with Gasteiger partial charge in [0, 0.05) is 23.6 Å². The quantitative estimate of drug-likeness (QED) is 0.546. The smallest absolute Gasteiger partial charge is 0.224 e. The average molecular weight is 310 g/mol. The molecule has 0 fully saturated rings. The van der Waals surface area contributed by atoms with E-state index in [1.54, 1.807) is 6.07 Å². The highest BCUT2D eigenvalue weighted by Crippen LogP contribution is 2.24. The predicted molar refractivity (Wildman–Crippen MR) is 88.5 cm³/mol. The number of aromatic amines is 1. The minimum Gasteiger partial charge on any atom is -0.504 e. The summed E-state index contributed by atoms with van der Waals surface area (Å²) in [4.78, 5) is 15.2. The SMILES string of the molecule is O=C(Cc1c[nH]c2ccccc12)NCCc1ccc(O)c(O)c1. The Bertz CT molecular complexity index is 839. The van der Waals surface area contributed by atoms with Crippen molar-refractivity contribution in [1.29, 1.82) is 0 Å². The Hall–Kier alpha value is -2.95. The number of nitrogens with one attached hydrogen (secondary N) is 2. The summed E-state index contributed by atoms with van der Waals surface area (Å²) in [6.45, 7) is 0.478. The number of hydrogen-bond acceptors (Lipinski definition) is 3. The van der Waals surface area contributed by atoms with Crippen LogP contribution in [0.5, 0.6) is 11.5 Å². The van der Waals surface area contributed by atoms with Gasteiger partial charge in [0.15, 0.2) is 11.5 Å². The third kappa shape index (κ3) is 3.45. The molecule has 2 aromatic carbocycles. The second kappa shape index (κ2) is 6.44. The maximum atomic E-state index is 12.1. The lowest BCUT2D eigenvalue weighted by atomic mass is 10.1. The van der Waals surface area contributed by atoms with Gasteiger partial charge in [-0.05, 0) is 35.7 Å². The van der Waals surface area contributed by atoms with Crippen LogP contribution in [0.15, 0.2) is 48.7 Å². The summed E-state index contributed by atoms with van der Waals surface area (Å²) in [6, 6.07) is 12.5. The molecule has 3 aromatic rings. The van der Waals surface area contributed by atoms with E-state index in [4.69, 9.17) is 0 Å². The van der Waals surface area contributed by atoms with Gasteiger partial charge < -0.3 is 20.5 Å². The summed E-state index contributed by atoms with van der Waals surface area (Å²) in [5, 5.41) is 22.6. The Morgan fingerprint density at radius 3 is 2.74 bits per heavy atom. The van der Waals surface area contributed by atoms with Crippen LogP contribution in [0.1, 0.15) is 11.1 Å². The molecule has 0 spiro atoms. The minimum absolute atomic E-state index is 0.0437. The van der Waals surface area contributed by atoms with Gasteiger partial charge >= 0.3 is 0 Å². The number of aromatic hydroxyl groups is 2. The van der Waals surface area contributed by atoms with Gasteiger partial charge in [-0.2, -0.15) is 0 Å². The van der Waals surface area contributed by atoms with Gasteiger partial charge in [-0.15, -0.1) is 0 Å². The number of benzene rings is 2. The van der Waals surface area contributed by atoms with Crippen LogP contribution in [0, 0.1) is 0 Å². The fraction of sp³-hybridized carbons (Fsp3) is 0.167. The van der Waals surface area contributed by atoms with Gasteiger partial charge in [-0.1, -0.05) is 24.3 Å². The van der Waals surface area contributed by atoms with E-state index in [1.807, 2.05) is 30.5 Å². The van der Waals surface area contributed by atoms with Crippen LogP contribution in [0.4, 0.5) is 0 Å². The van der Waals surface area contributed by atoms with Gasteiger partial charge in [-0.3, -0.25) is 4.79 Å². The van der Waals surface area contributed by atoms with Gasteiger partial charge in [0.05, 0.1) is 6.42 Å². The number of H-pyrrole nitrogens is 1. The molecule has 0 saturated heterocycles. The second-order valence-electron chi connectivity index (χ2n) is 5.46. The van der Waals surface area contributed by atoms with Crippen molar-refractivity contribution in [3.05, 3.63) is 59.8 Å². The van der Waals surface area contributed by atoms with Crippen molar-refractivity contribution in [3.8, 4) is 11.5 Å². The highest BCUT2D eigenvalue weighted by molar-refractivity contribution is 5.88. The Morgan fingerprint density at radius 2 is 1.91 bits per heavy atom. The summed E-state index contributed by atoms with van der Waals surface area (Å²) in [7, 11) is 0. The fourth-order valence-corrected chi connectivity index (χ4v) is 2.58. The number of fused-ring (bicyclic) bond motifs is 1. The Kier molecular flexibility index (Phi) is 4.19. The van der Waals surface area contributed by atoms with E-state index in [9.17, 15) is 15.0 Å². The lowest BCUT2D eigenvalue weighted by Gasteiger charge is -2.06. The zero-order chi connectivity index (χ0) is 16.2. The van der Waals surface area contributed by atoms with Crippen molar-refractivity contribution in [3.63, 3.8) is 0 Å². The monoisotopic (exact) mass is 310 g/mol. The van der Waals surface area contributed by atoms with Crippen molar-refractivity contribution in [1.82, 2.24) is 10.3 Å². The second-order valence-corrected chi connectivity index (χ2v) is 5.46. The van der Waals surface area contributed by atoms with Crippen LogP contribution >= 0.6 is 0 Å². The molecule has 0 radical (unpaired) electrons. The first kappa shape index (κ1) is 15.0. The van der Waals surface area contributed by atoms with Crippen molar-refractivity contribution < 1.29 is 15.0 Å². The maximum Gasteiger partial charge on any atom is 0.224 e. The topological polar surface area (TPSA) is 85.4 Å². The van der Waals surface area contributed by atoms with E-state index in [0.29, 0.717) is 19.4 Å². The van der Waals surface area contributed by atoms with E-state index in [-0.39, 0.29) is 17.4 Å². The van der Waals surface area contributed by atoms with Crippen LogP contribution in [0.25, 0.3) is 10.9 Å². The third-order valence-electron chi connectivity index (χ3n) is 3.80. The maximum absolute atomic E-state index is 12.1. The molecule has 23 heavy (non-hydrogen) atoms. The molecule has 0 unspecified atom stereocenters. The Labute approximate surface area is 133 Å². The van der Waals surface area contributed by atoms with Gasteiger partial charge in [0.1, 0.15) is 0 Å². The van der Waals surface area contributed by atoms with E-state index < -0.39 is 0 Å². The highest BCUT2D eigenvalue weighted by atomic mass is 16.3. The number of carbonyl (C=O) groups is 1. The zero-order valence-corrected chi connectivity index (χ0v) is 12.5. The number of phenolic OH excluding ortho intramolecular Hbond substituents is 2. The number of para-hydroxylation sites is 1. The summed E-state index contributed by atoms with van der Waals surface area (Å²) in [5.74, 6) is -0.331. The van der Waals surface area contributed by atoms with E-state index in [1.165, 1.54) is 12.1 Å². The van der Waals surface area contributed by atoms with Crippen molar-refractivity contribution in [2.24, 2.45) is 0 Å². The predicted octanol–water partition coefficient (Wildman–Crippen LogP) is 2.48. The van der Waals surface area contributed by atoms with Gasteiger partial charge in [-0.25, -0.2) is 0 Å². The molecule has 0 aliphatic heterocycles. The van der Waals surface area contributed by atoms with Crippen molar-refractivity contribution >= 4 is 16.8 Å². The number of aromatic nitrogens is 1. The highest BCUT2D eigenvalue weighted by Gasteiger charge is 2.08. The molecule has 0 bridgehead atoms. The molecule has 5 heteroatoms. The molecule has 118 valence electrons. The lowest BCUT2D eigenvalue weighted by Crippen LogP contribution is -2.27. The standard InChI is InChI=1S/C18H18N2O3/c21-16-6-5-12(9-17(16)22)7-8-19-18(23)10-13-11-20-15-4-2-1-3-14(13)15/h1-6,9,11,20-22H,7-8,10H2,(H,19,23). The summed E-state index contributed by atoms with van der Waals surface area (Å²) in [6.07, 6.45) is 2.78. The van der Waals surface area contributed by atoms with E-state index in [2.05, 4.69) is 10.3 Å². The van der Waals surface area contributed by atoms with Gasteiger partial charge in [0.25, 0.3) is 0 Å². The summed E-state index contributed by atoms with van der Waals surface area (Å²) in [5.41, 5.74) is 2.85. The molecule has 0 aliphatic carbocycles. The molecule has 1 amide bonds.